The molecule has 8 heteroatoms. The molecule has 0 saturated carbocycles. The first-order valence-electron chi connectivity index (χ1n) is 9.13. The van der Waals surface area contributed by atoms with Crippen molar-refractivity contribution in [1.82, 2.24) is 4.98 Å². The lowest BCUT2D eigenvalue weighted by molar-refractivity contribution is -0.115. The molecule has 30 heavy (non-hydrogen) atoms. The number of carbonyl (C=O) groups excluding carboxylic acids is 2. The molecule has 1 aliphatic rings. The first kappa shape index (κ1) is 20.3. The third-order valence-electron chi connectivity index (χ3n) is 4.70. The largest absolute Gasteiger partial charge is 0.495 e. The van der Waals surface area contributed by atoms with Crippen LogP contribution in [0.5, 0.6) is 5.75 Å². The molecule has 0 bridgehead atoms. The number of rotatable bonds is 4. The summed E-state index contributed by atoms with van der Waals surface area (Å²) in [5.41, 5.74) is 2.75. The van der Waals surface area contributed by atoms with E-state index in [2.05, 4.69) is 10.3 Å². The summed E-state index contributed by atoms with van der Waals surface area (Å²) in [5, 5.41) is 4.01. The van der Waals surface area contributed by atoms with Crippen LogP contribution < -0.4 is 15.0 Å². The zero-order valence-corrected chi connectivity index (χ0v) is 17.9. The number of fused-ring (bicyclic) bond motifs is 2. The van der Waals surface area contributed by atoms with Gasteiger partial charge in [0.25, 0.3) is 5.91 Å². The Kier molecular flexibility index (Phi) is 5.65. The molecule has 0 unspecified atom stereocenters. The van der Waals surface area contributed by atoms with Gasteiger partial charge < -0.3 is 15.0 Å². The number of hydrogen-bond donors (Lipinski definition) is 1. The fraction of sp³-hybridized carbons (Fsp3) is 0.136. The first-order valence-corrected chi connectivity index (χ1v) is 10.3. The fourth-order valence-corrected chi connectivity index (χ4v) is 4.55. The smallest absolute Gasteiger partial charge is 0.260 e. The van der Waals surface area contributed by atoms with Crippen molar-refractivity contribution in [2.45, 2.75) is 16.3 Å². The highest BCUT2D eigenvalue weighted by molar-refractivity contribution is 7.99. The highest BCUT2D eigenvalue weighted by Gasteiger charge is 2.25. The molecule has 0 atom stereocenters. The lowest BCUT2D eigenvalue weighted by atomic mass is 10.1. The number of amides is 2. The highest BCUT2D eigenvalue weighted by Crippen LogP contribution is 2.41. The normalized spacial score (nSPS) is 12.6. The number of methoxy groups -OCH3 is 1. The van der Waals surface area contributed by atoms with Gasteiger partial charge in [0.15, 0.2) is 0 Å². The van der Waals surface area contributed by atoms with Crippen LogP contribution in [0.1, 0.15) is 15.9 Å². The molecule has 152 valence electrons. The number of pyridine rings is 1. The van der Waals surface area contributed by atoms with Crippen LogP contribution in [-0.2, 0) is 11.2 Å². The van der Waals surface area contributed by atoms with Crippen LogP contribution >= 0.6 is 23.4 Å². The number of nitrogens with zero attached hydrogens (tertiary/aromatic N) is 2. The summed E-state index contributed by atoms with van der Waals surface area (Å²) >= 11 is 7.54. The molecular formula is C22H18ClN3O3S. The van der Waals surface area contributed by atoms with Crippen LogP contribution in [0, 0.1) is 0 Å². The highest BCUT2D eigenvalue weighted by atomic mass is 35.5. The predicted molar refractivity (Wildman–Crippen MR) is 118 cm³/mol. The molecule has 0 aliphatic carbocycles. The summed E-state index contributed by atoms with van der Waals surface area (Å²) in [7, 11) is 3.28. The maximum Gasteiger partial charge on any atom is 0.260 e. The van der Waals surface area contributed by atoms with E-state index in [-0.39, 0.29) is 18.2 Å². The first-order chi connectivity index (χ1) is 14.5. The maximum atomic E-state index is 12.7. The Bertz CT molecular complexity index is 1150. The van der Waals surface area contributed by atoms with Gasteiger partial charge in [0.1, 0.15) is 10.8 Å². The van der Waals surface area contributed by atoms with Crippen molar-refractivity contribution >= 4 is 46.6 Å². The molecule has 0 saturated heterocycles. The molecule has 0 spiro atoms. The van der Waals surface area contributed by atoms with E-state index in [1.165, 1.54) is 11.8 Å². The Morgan fingerprint density at radius 2 is 2.07 bits per heavy atom. The van der Waals surface area contributed by atoms with Gasteiger partial charge in [-0.15, -0.1) is 0 Å². The number of halogens is 1. The average Bonchev–Trinajstić information content (AvgIpc) is 2.83. The summed E-state index contributed by atoms with van der Waals surface area (Å²) in [6.45, 7) is 0. The molecule has 3 aromatic rings. The van der Waals surface area contributed by atoms with Crippen molar-refractivity contribution in [2.24, 2.45) is 0 Å². The third-order valence-corrected chi connectivity index (χ3v) is 6.06. The van der Waals surface area contributed by atoms with Crippen molar-refractivity contribution in [3.63, 3.8) is 0 Å². The van der Waals surface area contributed by atoms with Gasteiger partial charge in [-0.1, -0.05) is 29.4 Å². The van der Waals surface area contributed by atoms with E-state index >= 15 is 0 Å². The van der Waals surface area contributed by atoms with E-state index in [0.717, 1.165) is 16.1 Å². The van der Waals surface area contributed by atoms with Crippen LogP contribution in [0.15, 0.2) is 64.6 Å². The zero-order valence-electron chi connectivity index (χ0n) is 16.3. The Morgan fingerprint density at radius 1 is 1.23 bits per heavy atom. The number of carbonyl (C=O) groups is 2. The molecule has 4 rings (SSSR count). The lowest BCUT2D eigenvalue weighted by Crippen LogP contribution is -2.26. The van der Waals surface area contributed by atoms with Gasteiger partial charge in [-0.3, -0.25) is 9.59 Å². The average molecular weight is 440 g/mol. The minimum atomic E-state index is -0.169. The second kappa shape index (κ2) is 8.38. The summed E-state index contributed by atoms with van der Waals surface area (Å²) in [4.78, 5) is 32.0. The molecule has 1 aromatic heterocycles. The zero-order chi connectivity index (χ0) is 21.3. The van der Waals surface area contributed by atoms with Crippen molar-refractivity contribution < 1.29 is 14.3 Å². The van der Waals surface area contributed by atoms with Crippen molar-refractivity contribution in [1.29, 1.82) is 0 Å². The molecule has 2 aromatic carbocycles. The minimum absolute atomic E-state index is 0.113. The second-order valence-corrected chi connectivity index (χ2v) is 8.14. The number of aromatic nitrogens is 1. The summed E-state index contributed by atoms with van der Waals surface area (Å²) in [5.74, 6) is 0.284. The lowest BCUT2D eigenvalue weighted by Gasteiger charge is -2.18. The Labute approximate surface area is 183 Å². The minimum Gasteiger partial charge on any atom is -0.495 e. The molecule has 0 radical (unpaired) electrons. The van der Waals surface area contributed by atoms with Gasteiger partial charge in [-0.05, 0) is 48.0 Å². The molecule has 6 nitrogen and oxygen atoms in total. The Hall–Kier alpha value is -3.03. The van der Waals surface area contributed by atoms with Gasteiger partial charge >= 0.3 is 0 Å². The van der Waals surface area contributed by atoms with Gasteiger partial charge in [0.2, 0.25) is 5.91 Å². The Balaban J connectivity index is 1.55. The number of ether oxygens (including phenoxy) is 1. The maximum absolute atomic E-state index is 12.7. The SMILES string of the molecule is COc1ccc(CC(=O)Nc2ccc3c(c2)Sc2ncccc2C(=O)N3C)cc1Cl. The van der Waals surface area contributed by atoms with Crippen molar-refractivity contribution in [3.05, 3.63) is 70.9 Å². The quantitative estimate of drug-likeness (QED) is 0.639. The standard InChI is InChI=1S/C22H18ClN3O3S/c1-26-17-7-6-14(12-19(17)30-21-15(22(26)28)4-3-9-24-21)25-20(27)11-13-5-8-18(29-2)16(23)10-13/h3-10,12H,11H2,1-2H3,(H,25,27). The van der Waals surface area contributed by atoms with E-state index in [9.17, 15) is 9.59 Å². The van der Waals surface area contributed by atoms with E-state index in [4.69, 9.17) is 16.3 Å². The van der Waals surface area contributed by atoms with Crippen LogP contribution in [0.25, 0.3) is 0 Å². The van der Waals surface area contributed by atoms with E-state index in [0.29, 0.717) is 27.0 Å². The number of hydrogen-bond acceptors (Lipinski definition) is 5. The molecule has 1 N–H and O–H groups in total. The third kappa shape index (κ3) is 3.99. The van der Waals surface area contributed by atoms with Crippen LogP contribution in [0.2, 0.25) is 5.02 Å². The van der Waals surface area contributed by atoms with Crippen molar-refractivity contribution in [3.8, 4) is 5.75 Å². The predicted octanol–water partition coefficient (Wildman–Crippen LogP) is 4.67. The van der Waals surface area contributed by atoms with Crippen LogP contribution in [0.3, 0.4) is 0 Å². The van der Waals surface area contributed by atoms with E-state index < -0.39 is 0 Å². The van der Waals surface area contributed by atoms with Gasteiger partial charge in [-0.2, -0.15) is 0 Å². The summed E-state index contributed by atoms with van der Waals surface area (Å²) in [6, 6.07) is 14.2. The number of nitrogens with one attached hydrogen (secondary N) is 1. The molecule has 0 fully saturated rings. The molecule has 2 heterocycles. The molecule has 2 amide bonds. The fourth-order valence-electron chi connectivity index (χ4n) is 3.19. The monoisotopic (exact) mass is 439 g/mol. The molecular weight excluding hydrogens is 422 g/mol. The van der Waals surface area contributed by atoms with Gasteiger partial charge in [0.05, 0.1) is 29.8 Å². The van der Waals surface area contributed by atoms with Gasteiger partial charge in [-0.25, -0.2) is 4.98 Å². The second-order valence-electron chi connectivity index (χ2n) is 6.70. The Morgan fingerprint density at radius 3 is 2.83 bits per heavy atom. The van der Waals surface area contributed by atoms with E-state index in [1.54, 1.807) is 61.7 Å². The van der Waals surface area contributed by atoms with E-state index in [1.807, 2.05) is 12.1 Å². The van der Waals surface area contributed by atoms with Gasteiger partial charge in [0, 0.05) is 23.8 Å². The molecule has 1 aliphatic heterocycles. The van der Waals surface area contributed by atoms with Crippen molar-refractivity contribution in [2.75, 3.05) is 24.4 Å². The van der Waals surface area contributed by atoms with Crippen LogP contribution in [-0.4, -0.2) is 31.0 Å². The summed E-state index contributed by atoms with van der Waals surface area (Å²) < 4.78 is 5.14. The number of benzene rings is 2. The summed E-state index contributed by atoms with van der Waals surface area (Å²) in [6.07, 6.45) is 1.84. The topological polar surface area (TPSA) is 71.5 Å². The number of anilines is 2. The van der Waals surface area contributed by atoms with Crippen LogP contribution in [0.4, 0.5) is 11.4 Å².